The number of carbonyl (C=O) groups is 2. The largest absolute Gasteiger partial charge is 0.478 e. The molecule has 1 heterocycles. The number of benzene rings is 1. The van der Waals surface area contributed by atoms with Crippen molar-refractivity contribution < 1.29 is 14.7 Å². The molecule has 2 aromatic rings. The highest BCUT2D eigenvalue weighted by atomic mass is 35.5. The van der Waals surface area contributed by atoms with Crippen molar-refractivity contribution in [1.82, 2.24) is 0 Å². The Kier molecular flexibility index (Phi) is 4.55. The Hall–Kier alpha value is -2.11. The van der Waals surface area contributed by atoms with Crippen LogP contribution in [-0.4, -0.2) is 17.0 Å². The van der Waals surface area contributed by atoms with Gasteiger partial charge in [0.25, 0.3) is 5.91 Å². The quantitative estimate of drug-likeness (QED) is 0.845. The van der Waals surface area contributed by atoms with E-state index in [1.165, 1.54) is 17.4 Å². The van der Waals surface area contributed by atoms with Gasteiger partial charge in [-0.05, 0) is 36.4 Å². The van der Waals surface area contributed by atoms with Crippen LogP contribution in [-0.2, 0) is 4.79 Å². The van der Waals surface area contributed by atoms with E-state index >= 15 is 0 Å². The lowest BCUT2D eigenvalue weighted by molar-refractivity contribution is -0.131. The lowest BCUT2D eigenvalue weighted by atomic mass is 10.2. The van der Waals surface area contributed by atoms with Gasteiger partial charge in [-0.15, -0.1) is 11.3 Å². The SMILES string of the molecule is O=C(O)C=Cc1cc(C(=O)Nc2ccc(Cl)cc2)cs1. The van der Waals surface area contributed by atoms with Crippen molar-refractivity contribution in [2.45, 2.75) is 0 Å². The van der Waals surface area contributed by atoms with Crippen molar-refractivity contribution in [1.29, 1.82) is 0 Å². The molecule has 0 aliphatic carbocycles. The number of carboxylic acid groups (broad SMARTS) is 1. The first-order chi connectivity index (χ1) is 9.54. The molecular formula is C14H10ClNO3S. The average molecular weight is 308 g/mol. The highest BCUT2D eigenvalue weighted by Crippen LogP contribution is 2.19. The molecule has 0 spiro atoms. The minimum atomic E-state index is -1.02. The summed E-state index contributed by atoms with van der Waals surface area (Å²) >= 11 is 7.06. The van der Waals surface area contributed by atoms with E-state index in [2.05, 4.69) is 5.32 Å². The van der Waals surface area contributed by atoms with E-state index in [1.807, 2.05) is 0 Å². The number of thiophene rings is 1. The maximum atomic E-state index is 12.0. The third-order valence-electron chi connectivity index (χ3n) is 2.37. The van der Waals surface area contributed by atoms with Crippen molar-refractivity contribution in [3.05, 3.63) is 57.3 Å². The van der Waals surface area contributed by atoms with Gasteiger partial charge >= 0.3 is 5.97 Å². The Morgan fingerprint density at radius 1 is 1.25 bits per heavy atom. The number of halogens is 1. The molecule has 20 heavy (non-hydrogen) atoms. The Bertz CT molecular complexity index is 661. The molecule has 0 saturated heterocycles. The first-order valence-electron chi connectivity index (χ1n) is 5.61. The summed E-state index contributed by atoms with van der Waals surface area (Å²) in [5, 5.41) is 13.5. The molecule has 1 amide bonds. The fourth-order valence-corrected chi connectivity index (χ4v) is 2.35. The predicted molar refractivity (Wildman–Crippen MR) is 80.4 cm³/mol. The van der Waals surface area contributed by atoms with E-state index in [9.17, 15) is 9.59 Å². The molecule has 0 fully saturated rings. The smallest absolute Gasteiger partial charge is 0.328 e. The maximum absolute atomic E-state index is 12.0. The lowest BCUT2D eigenvalue weighted by Crippen LogP contribution is -2.10. The number of rotatable bonds is 4. The summed E-state index contributed by atoms with van der Waals surface area (Å²) in [6.45, 7) is 0. The van der Waals surface area contributed by atoms with E-state index in [0.717, 1.165) is 6.08 Å². The Morgan fingerprint density at radius 3 is 2.60 bits per heavy atom. The lowest BCUT2D eigenvalue weighted by Gasteiger charge is -2.03. The van der Waals surface area contributed by atoms with Crippen LogP contribution in [0.3, 0.4) is 0 Å². The summed E-state index contributed by atoms with van der Waals surface area (Å²) in [6, 6.07) is 8.42. The highest BCUT2D eigenvalue weighted by molar-refractivity contribution is 7.11. The molecule has 0 aliphatic rings. The van der Waals surface area contributed by atoms with Crippen molar-refractivity contribution in [2.75, 3.05) is 5.32 Å². The second-order valence-corrected chi connectivity index (χ2v) is 5.25. The number of hydrogen-bond acceptors (Lipinski definition) is 3. The van der Waals surface area contributed by atoms with E-state index < -0.39 is 5.97 Å². The topological polar surface area (TPSA) is 66.4 Å². The van der Waals surface area contributed by atoms with Gasteiger partial charge in [0.2, 0.25) is 0 Å². The van der Waals surface area contributed by atoms with Gasteiger partial charge < -0.3 is 10.4 Å². The van der Waals surface area contributed by atoms with Gasteiger partial charge in [-0.2, -0.15) is 0 Å². The monoisotopic (exact) mass is 307 g/mol. The molecule has 0 atom stereocenters. The fraction of sp³-hybridized carbons (Fsp3) is 0. The molecule has 6 heteroatoms. The third kappa shape index (κ3) is 3.94. The van der Waals surface area contributed by atoms with Gasteiger partial charge in [-0.1, -0.05) is 11.6 Å². The van der Waals surface area contributed by atoms with Gasteiger partial charge in [0.05, 0.1) is 5.56 Å². The summed E-state index contributed by atoms with van der Waals surface area (Å²) < 4.78 is 0. The van der Waals surface area contributed by atoms with Crippen LogP contribution in [0.1, 0.15) is 15.2 Å². The number of aliphatic carboxylic acids is 1. The molecule has 102 valence electrons. The van der Waals surface area contributed by atoms with Gasteiger partial charge in [0.15, 0.2) is 0 Å². The normalized spacial score (nSPS) is 10.7. The van der Waals surface area contributed by atoms with Crippen molar-refractivity contribution in [2.24, 2.45) is 0 Å². The third-order valence-corrected chi connectivity index (χ3v) is 3.52. The minimum Gasteiger partial charge on any atom is -0.478 e. The molecule has 0 bridgehead atoms. The number of carbonyl (C=O) groups excluding carboxylic acids is 1. The van der Waals surface area contributed by atoms with Gasteiger partial charge in [-0.3, -0.25) is 4.79 Å². The minimum absolute atomic E-state index is 0.251. The van der Waals surface area contributed by atoms with Gasteiger partial charge in [-0.25, -0.2) is 4.79 Å². The van der Waals surface area contributed by atoms with Crippen LogP contribution in [0.4, 0.5) is 5.69 Å². The first-order valence-corrected chi connectivity index (χ1v) is 6.87. The Labute approximate surface area is 124 Å². The molecule has 2 N–H and O–H groups in total. The standard InChI is InChI=1S/C14H10ClNO3S/c15-10-1-3-11(4-2-10)16-14(19)9-7-12(20-8-9)5-6-13(17)18/h1-8H,(H,16,19)(H,17,18). The Balaban J connectivity index is 2.06. The second-order valence-electron chi connectivity index (χ2n) is 3.87. The van der Waals surface area contributed by atoms with Crippen LogP contribution in [0, 0.1) is 0 Å². The summed E-state index contributed by atoms with van der Waals surface area (Å²) in [5.74, 6) is -1.27. The van der Waals surface area contributed by atoms with E-state index in [-0.39, 0.29) is 5.91 Å². The molecule has 2 rings (SSSR count). The molecule has 0 saturated carbocycles. The molecule has 4 nitrogen and oxygen atoms in total. The number of amides is 1. The number of hydrogen-bond donors (Lipinski definition) is 2. The number of nitrogens with one attached hydrogen (secondary N) is 1. The Morgan fingerprint density at radius 2 is 1.95 bits per heavy atom. The summed E-state index contributed by atoms with van der Waals surface area (Å²) in [4.78, 5) is 23.1. The van der Waals surface area contributed by atoms with Crippen LogP contribution in [0.5, 0.6) is 0 Å². The summed E-state index contributed by atoms with van der Waals surface area (Å²) in [7, 11) is 0. The second kappa shape index (κ2) is 6.36. The summed E-state index contributed by atoms with van der Waals surface area (Å²) in [5.41, 5.74) is 1.13. The number of anilines is 1. The van der Waals surface area contributed by atoms with Crippen molar-refractivity contribution in [3.8, 4) is 0 Å². The van der Waals surface area contributed by atoms with Crippen LogP contribution in [0.25, 0.3) is 6.08 Å². The molecule has 0 aliphatic heterocycles. The van der Waals surface area contributed by atoms with Crippen LogP contribution < -0.4 is 5.32 Å². The van der Waals surface area contributed by atoms with E-state index in [4.69, 9.17) is 16.7 Å². The van der Waals surface area contributed by atoms with E-state index in [1.54, 1.807) is 35.7 Å². The molecule has 1 aromatic heterocycles. The molecule has 0 unspecified atom stereocenters. The van der Waals surface area contributed by atoms with Crippen LogP contribution >= 0.6 is 22.9 Å². The highest BCUT2D eigenvalue weighted by Gasteiger charge is 2.08. The van der Waals surface area contributed by atoms with Gasteiger partial charge in [0.1, 0.15) is 0 Å². The van der Waals surface area contributed by atoms with E-state index in [0.29, 0.717) is 21.2 Å². The predicted octanol–water partition coefficient (Wildman–Crippen LogP) is 3.75. The van der Waals surface area contributed by atoms with Crippen LogP contribution in [0.2, 0.25) is 5.02 Å². The zero-order valence-corrected chi connectivity index (χ0v) is 11.7. The zero-order valence-electron chi connectivity index (χ0n) is 10.2. The number of carboxylic acids is 1. The summed E-state index contributed by atoms with van der Waals surface area (Å²) in [6.07, 6.45) is 2.48. The van der Waals surface area contributed by atoms with Crippen molar-refractivity contribution >= 4 is 46.6 Å². The first kappa shape index (κ1) is 14.3. The fourth-order valence-electron chi connectivity index (χ4n) is 1.45. The molecule has 0 radical (unpaired) electrons. The molecular weight excluding hydrogens is 298 g/mol. The zero-order chi connectivity index (χ0) is 14.5. The van der Waals surface area contributed by atoms with Crippen molar-refractivity contribution in [3.63, 3.8) is 0 Å². The average Bonchev–Trinajstić information content (AvgIpc) is 2.88. The van der Waals surface area contributed by atoms with Crippen LogP contribution in [0.15, 0.2) is 41.8 Å². The molecule has 1 aromatic carbocycles. The van der Waals surface area contributed by atoms with Gasteiger partial charge in [0, 0.05) is 27.0 Å². The maximum Gasteiger partial charge on any atom is 0.328 e.